The lowest BCUT2D eigenvalue weighted by molar-refractivity contribution is -0.385. The third-order valence-corrected chi connectivity index (χ3v) is 6.48. The van der Waals surface area contributed by atoms with Gasteiger partial charge in [-0.15, -0.1) is 22.7 Å². The number of hydrogen-bond donors (Lipinski definition) is 2. The Morgan fingerprint density at radius 2 is 1.21 bits per heavy atom. The molecule has 0 aliphatic heterocycles. The molecular weight excluding hydrogens is 484 g/mol. The van der Waals surface area contributed by atoms with Crippen LogP contribution in [0.5, 0.6) is 0 Å². The number of nitrogens with zero attached hydrogens (tertiary/aromatic N) is 4. The SMILES string of the molecule is Cc1sc(/C=N/NC(=O)CCCCCCC(=O)N/N=C/c2cc([N+](=O)[O-])c(C)s2)cc1[N+](=O)[O-]. The first kappa shape index (κ1) is 26.7. The van der Waals surface area contributed by atoms with Crippen molar-refractivity contribution in [1.82, 2.24) is 10.9 Å². The van der Waals surface area contributed by atoms with Crippen LogP contribution in [0.2, 0.25) is 0 Å². The van der Waals surface area contributed by atoms with Crippen LogP contribution in [0.15, 0.2) is 22.3 Å². The standard InChI is InChI=1S/C20H24N6O6S2/c1-13-17(25(29)30)9-15(33-13)11-21-23-19(27)7-5-3-4-6-8-20(28)24-22-12-16-10-18(26(31)32)14(2)34-16/h9-12H,3-8H2,1-2H3,(H,23,27)(H,24,28)/b21-11+,22-12+. The van der Waals surface area contributed by atoms with Gasteiger partial charge < -0.3 is 0 Å². The molecule has 0 saturated heterocycles. The number of nitrogens with one attached hydrogen (secondary N) is 2. The first-order valence-corrected chi connectivity index (χ1v) is 11.9. The summed E-state index contributed by atoms with van der Waals surface area (Å²) in [4.78, 5) is 46.7. The van der Waals surface area contributed by atoms with Crippen molar-refractivity contribution in [2.45, 2.75) is 52.4 Å². The van der Waals surface area contributed by atoms with Crippen LogP contribution >= 0.6 is 22.7 Å². The van der Waals surface area contributed by atoms with Gasteiger partial charge in [0.2, 0.25) is 11.8 Å². The number of nitro groups is 2. The molecule has 0 fully saturated rings. The topological polar surface area (TPSA) is 169 Å². The molecule has 0 aromatic carbocycles. The molecule has 2 aromatic heterocycles. The van der Waals surface area contributed by atoms with Gasteiger partial charge in [-0.3, -0.25) is 29.8 Å². The van der Waals surface area contributed by atoms with E-state index >= 15 is 0 Å². The van der Waals surface area contributed by atoms with E-state index in [0.717, 1.165) is 12.8 Å². The molecule has 14 heteroatoms. The number of aryl methyl sites for hydroxylation is 2. The molecule has 2 aromatic rings. The molecule has 0 spiro atoms. The van der Waals surface area contributed by atoms with E-state index in [-0.39, 0.29) is 36.0 Å². The van der Waals surface area contributed by atoms with Crippen molar-refractivity contribution in [2.75, 3.05) is 0 Å². The normalized spacial score (nSPS) is 11.2. The highest BCUT2D eigenvalue weighted by molar-refractivity contribution is 7.14. The first-order valence-electron chi connectivity index (χ1n) is 10.3. The number of thiophene rings is 2. The maximum atomic E-state index is 11.8. The van der Waals surface area contributed by atoms with Crippen LogP contribution in [0.25, 0.3) is 0 Å². The highest BCUT2D eigenvalue weighted by Gasteiger charge is 2.15. The van der Waals surface area contributed by atoms with Crippen molar-refractivity contribution >= 4 is 58.3 Å². The van der Waals surface area contributed by atoms with Crippen LogP contribution < -0.4 is 10.9 Å². The lowest BCUT2D eigenvalue weighted by atomic mass is 10.1. The highest BCUT2D eigenvalue weighted by Crippen LogP contribution is 2.27. The van der Waals surface area contributed by atoms with Crippen molar-refractivity contribution in [1.29, 1.82) is 0 Å². The smallest absolute Gasteiger partial charge is 0.273 e. The zero-order valence-corrected chi connectivity index (χ0v) is 20.2. The third kappa shape index (κ3) is 8.78. The molecule has 2 heterocycles. The third-order valence-electron chi connectivity index (χ3n) is 4.53. The van der Waals surface area contributed by atoms with Gasteiger partial charge in [0.1, 0.15) is 0 Å². The highest BCUT2D eigenvalue weighted by atomic mass is 32.1. The summed E-state index contributed by atoms with van der Waals surface area (Å²) in [6.07, 6.45) is 6.13. The number of carbonyl (C=O) groups excluding carboxylic acids is 2. The van der Waals surface area contributed by atoms with E-state index in [4.69, 9.17) is 0 Å². The molecular formula is C20H24N6O6S2. The molecule has 34 heavy (non-hydrogen) atoms. The number of carbonyl (C=O) groups is 2. The Kier molecular flexibility index (Phi) is 10.4. The predicted octanol–water partition coefficient (Wildman–Crippen LogP) is 4.18. The predicted molar refractivity (Wildman–Crippen MR) is 131 cm³/mol. The van der Waals surface area contributed by atoms with Crippen LogP contribution in [0, 0.1) is 34.1 Å². The second-order valence-corrected chi connectivity index (χ2v) is 9.77. The lowest BCUT2D eigenvalue weighted by Crippen LogP contribution is -2.17. The van der Waals surface area contributed by atoms with E-state index in [0.29, 0.717) is 32.4 Å². The summed E-state index contributed by atoms with van der Waals surface area (Å²) in [7, 11) is 0. The van der Waals surface area contributed by atoms with E-state index in [1.807, 2.05) is 0 Å². The Labute approximate surface area is 203 Å². The van der Waals surface area contributed by atoms with E-state index in [1.165, 1.54) is 47.2 Å². The molecule has 0 saturated carbocycles. The summed E-state index contributed by atoms with van der Waals surface area (Å²) in [6, 6.07) is 2.82. The zero-order valence-electron chi connectivity index (χ0n) is 18.6. The van der Waals surface area contributed by atoms with Gasteiger partial charge in [-0.1, -0.05) is 12.8 Å². The van der Waals surface area contributed by atoms with Crippen LogP contribution in [0.3, 0.4) is 0 Å². The molecule has 182 valence electrons. The van der Waals surface area contributed by atoms with Crippen molar-refractivity contribution < 1.29 is 19.4 Å². The largest absolute Gasteiger partial charge is 0.283 e. The van der Waals surface area contributed by atoms with Crippen LogP contribution in [-0.2, 0) is 9.59 Å². The number of unbranched alkanes of at least 4 members (excludes halogenated alkanes) is 3. The lowest BCUT2D eigenvalue weighted by Gasteiger charge is -2.01. The summed E-state index contributed by atoms with van der Waals surface area (Å²) in [5, 5.41) is 29.3. The molecule has 12 nitrogen and oxygen atoms in total. The number of rotatable bonds is 13. The quantitative estimate of drug-likeness (QED) is 0.178. The van der Waals surface area contributed by atoms with E-state index in [9.17, 15) is 29.8 Å². The summed E-state index contributed by atoms with van der Waals surface area (Å²) < 4.78 is 0. The van der Waals surface area contributed by atoms with E-state index in [1.54, 1.807) is 13.8 Å². The fourth-order valence-corrected chi connectivity index (χ4v) is 4.59. The van der Waals surface area contributed by atoms with Gasteiger partial charge in [0.05, 0.1) is 41.8 Å². The van der Waals surface area contributed by atoms with Gasteiger partial charge in [0, 0.05) is 25.0 Å². The van der Waals surface area contributed by atoms with Crippen LogP contribution in [0.1, 0.15) is 58.0 Å². The molecule has 0 atom stereocenters. The van der Waals surface area contributed by atoms with Gasteiger partial charge in [-0.05, 0) is 26.7 Å². The Morgan fingerprint density at radius 3 is 1.53 bits per heavy atom. The van der Waals surface area contributed by atoms with Gasteiger partial charge in [-0.25, -0.2) is 10.9 Å². The average Bonchev–Trinajstić information content (AvgIpc) is 3.32. The zero-order chi connectivity index (χ0) is 25.1. The number of hydrogen-bond acceptors (Lipinski definition) is 10. The Morgan fingerprint density at radius 1 is 0.824 bits per heavy atom. The fourth-order valence-electron chi connectivity index (χ4n) is 2.85. The average molecular weight is 509 g/mol. The summed E-state index contributed by atoms with van der Waals surface area (Å²) in [6.45, 7) is 3.30. The monoisotopic (exact) mass is 508 g/mol. The van der Waals surface area contributed by atoms with Crippen molar-refractivity contribution in [3.05, 3.63) is 51.9 Å². The van der Waals surface area contributed by atoms with Gasteiger partial charge in [0.25, 0.3) is 11.4 Å². The van der Waals surface area contributed by atoms with Gasteiger partial charge in [0.15, 0.2) is 0 Å². The van der Waals surface area contributed by atoms with Gasteiger partial charge in [-0.2, -0.15) is 10.2 Å². The summed E-state index contributed by atoms with van der Waals surface area (Å²) in [5.74, 6) is -0.509. The second-order valence-electron chi connectivity index (χ2n) is 7.20. The first-order chi connectivity index (χ1) is 16.2. The maximum Gasteiger partial charge on any atom is 0.283 e. The fraction of sp³-hybridized carbons (Fsp3) is 0.400. The van der Waals surface area contributed by atoms with Crippen molar-refractivity contribution in [2.24, 2.45) is 10.2 Å². The minimum Gasteiger partial charge on any atom is -0.273 e. The summed E-state index contributed by atoms with van der Waals surface area (Å²) in [5.41, 5.74) is 4.85. The van der Waals surface area contributed by atoms with Crippen LogP contribution in [0.4, 0.5) is 11.4 Å². The van der Waals surface area contributed by atoms with E-state index < -0.39 is 9.85 Å². The number of hydrazone groups is 2. The summed E-state index contributed by atoms with van der Waals surface area (Å²) >= 11 is 2.44. The minimum atomic E-state index is -0.458. The number of amides is 2. The molecule has 0 aliphatic rings. The maximum absolute atomic E-state index is 11.8. The Hall–Kier alpha value is -3.52. The Bertz CT molecular complexity index is 1020. The molecule has 0 bridgehead atoms. The Balaban J connectivity index is 1.56. The van der Waals surface area contributed by atoms with Crippen molar-refractivity contribution in [3.63, 3.8) is 0 Å². The molecule has 2 rings (SSSR count). The molecule has 2 N–H and O–H groups in total. The minimum absolute atomic E-state index is 0.0298. The molecule has 2 amide bonds. The van der Waals surface area contributed by atoms with Crippen LogP contribution in [-0.4, -0.2) is 34.1 Å². The molecule has 0 unspecified atom stereocenters. The molecule has 0 aliphatic carbocycles. The van der Waals surface area contributed by atoms with Crippen molar-refractivity contribution in [3.8, 4) is 0 Å². The van der Waals surface area contributed by atoms with E-state index in [2.05, 4.69) is 21.1 Å². The van der Waals surface area contributed by atoms with Gasteiger partial charge >= 0.3 is 0 Å². The second kappa shape index (κ2) is 13.3. The molecule has 0 radical (unpaired) electrons.